The third-order valence-corrected chi connectivity index (χ3v) is 1.95. The van der Waals surface area contributed by atoms with Crippen LogP contribution in [0.4, 0.5) is 5.13 Å². The van der Waals surface area contributed by atoms with E-state index in [0.717, 1.165) is 11.3 Å². The van der Waals surface area contributed by atoms with Crippen molar-refractivity contribution in [2.24, 2.45) is 0 Å². The summed E-state index contributed by atoms with van der Waals surface area (Å²) in [7, 11) is 0. The Morgan fingerprint density at radius 2 is 2.60 bits per heavy atom. The Balaban J connectivity index is 2.88. The first kappa shape index (κ1) is 7.43. The molecule has 1 heterocycles. The Labute approximate surface area is 65.6 Å². The molecule has 0 radical (unpaired) electrons. The van der Waals surface area contributed by atoms with E-state index in [1.165, 1.54) is 0 Å². The number of alkyl halides is 1. The fourth-order valence-corrected chi connectivity index (χ4v) is 1.30. The Morgan fingerprint density at radius 1 is 1.90 bits per heavy atom. The predicted octanol–water partition coefficient (Wildman–Crippen LogP) is 1.79. The van der Waals surface area contributed by atoms with E-state index in [4.69, 9.17) is 11.6 Å². The highest BCUT2D eigenvalue weighted by Crippen LogP contribution is 2.18. The summed E-state index contributed by atoms with van der Waals surface area (Å²) in [5.41, 5.74) is 0.554. The minimum atomic E-state index is -0.527. The van der Waals surface area contributed by atoms with Crippen molar-refractivity contribution in [2.45, 2.75) is 5.88 Å². The second-order valence-electron chi connectivity index (χ2n) is 1.51. The molecule has 4 nitrogen and oxygen atoms in total. The first-order chi connectivity index (χ1) is 4.74. The molecule has 0 aliphatic heterocycles. The maximum atomic E-state index is 10.0. The molecule has 0 fully saturated rings. The largest absolute Gasteiger partial charge is 0.423 e. The van der Waals surface area contributed by atoms with E-state index < -0.39 is 4.92 Å². The Bertz CT molecular complexity index is 249. The highest BCUT2D eigenvalue weighted by atomic mass is 35.5. The summed E-state index contributed by atoms with van der Waals surface area (Å²) in [6.07, 6.45) is 0. The molecular formula is C4H3ClN2O2S. The number of aromatic nitrogens is 1. The summed E-state index contributed by atoms with van der Waals surface area (Å²) in [6, 6.07) is 0. The van der Waals surface area contributed by atoms with Gasteiger partial charge in [-0.15, -0.1) is 11.6 Å². The third kappa shape index (κ3) is 1.43. The molecule has 54 valence electrons. The van der Waals surface area contributed by atoms with Crippen LogP contribution in [0.2, 0.25) is 0 Å². The molecule has 0 N–H and O–H groups in total. The highest BCUT2D eigenvalue weighted by Gasteiger charge is 2.11. The van der Waals surface area contributed by atoms with Crippen molar-refractivity contribution in [1.29, 1.82) is 0 Å². The zero-order valence-electron chi connectivity index (χ0n) is 4.78. The number of hydrogen-bond acceptors (Lipinski definition) is 4. The van der Waals surface area contributed by atoms with Crippen LogP contribution < -0.4 is 0 Å². The van der Waals surface area contributed by atoms with Crippen molar-refractivity contribution in [3.8, 4) is 0 Å². The molecule has 0 spiro atoms. The molecule has 10 heavy (non-hydrogen) atoms. The summed E-state index contributed by atoms with van der Waals surface area (Å²) >= 11 is 6.35. The molecule has 0 amide bonds. The maximum Gasteiger partial charge on any atom is 0.423 e. The fourth-order valence-electron chi connectivity index (χ4n) is 0.442. The molecule has 1 aromatic rings. The zero-order chi connectivity index (χ0) is 7.56. The highest BCUT2D eigenvalue weighted by molar-refractivity contribution is 7.12. The first-order valence-corrected chi connectivity index (χ1v) is 3.80. The minimum Gasteiger partial charge on any atom is -0.357 e. The molecule has 1 rings (SSSR count). The monoisotopic (exact) mass is 178 g/mol. The molecule has 0 saturated carbocycles. The molecule has 0 atom stereocenters. The van der Waals surface area contributed by atoms with Crippen LogP contribution in [0.5, 0.6) is 0 Å². The summed E-state index contributed by atoms with van der Waals surface area (Å²) < 4.78 is 0. The van der Waals surface area contributed by atoms with E-state index in [2.05, 4.69) is 4.98 Å². The van der Waals surface area contributed by atoms with Gasteiger partial charge in [-0.3, -0.25) is 0 Å². The lowest BCUT2D eigenvalue weighted by molar-refractivity contribution is -0.384. The van der Waals surface area contributed by atoms with Crippen LogP contribution in [-0.4, -0.2) is 9.91 Å². The average molecular weight is 179 g/mol. The lowest BCUT2D eigenvalue weighted by Crippen LogP contribution is -1.86. The molecule has 1 aromatic heterocycles. The lowest BCUT2D eigenvalue weighted by atomic mass is 10.6. The van der Waals surface area contributed by atoms with E-state index in [1.807, 2.05) is 0 Å². The van der Waals surface area contributed by atoms with Crippen LogP contribution in [0.15, 0.2) is 5.38 Å². The molecule has 0 aliphatic carbocycles. The predicted molar refractivity (Wildman–Crippen MR) is 38.3 cm³/mol. The van der Waals surface area contributed by atoms with Gasteiger partial charge in [0.05, 0.1) is 5.88 Å². The number of rotatable bonds is 2. The van der Waals surface area contributed by atoms with Gasteiger partial charge in [0.2, 0.25) is 0 Å². The number of nitrogens with zero attached hydrogens (tertiary/aromatic N) is 2. The summed E-state index contributed by atoms with van der Waals surface area (Å²) in [4.78, 5) is 13.1. The SMILES string of the molecule is O=[N+]([O-])c1nc(CCl)cs1. The maximum absolute atomic E-state index is 10.0. The zero-order valence-corrected chi connectivity index (χ0v) is 6.35. The summed E-state index contributed by atoms with van der Waals surface area (Å²) in [6.45, 7) is 0. The van der Waals surface area contributed by atoms with E-state index in [1.54, 1.807) is 5.38 Å². The summed E-state index contributed by atoms with van der Waals surface area (Å²) in [5, 5.41) is 11.5. The van der Waals surface area contributed by atoms with Crippen molar-refractivity contribution in [3.05, 3.63) is 21.2 Å². The van der Waals surface area contributed by atoms with Gasteiger partial charge in [-0.1, -0.05) is 0 Å². The standard InChI is InChI=1S/C4H3ClN2O2S/c5-1-3-2-10-4(6-3)7(8)9/h2H,1H2. The Morgan fingerprint density at radius 3 is 2.90 bits per heavy atom. The molecule has 6 heteroatoms. The third-order valence-electron chi connectivity index (χ3n) is 0.833. The van der Waals surface area contributed by atoms with Gasteiger partial charge in [0, 0.05) is 5.38 Å². The minimum absolute atomic E-state index is 0.101. The molecule has 0 unspecified atom stereocenters. The Kier molecular flexibility index (Phi) is 2.18. The normalized spacial score (nSPS) is 9.70. The molecule has 0 bridgehead atoms. The topological polar surface area (TPSA) is 56.0 Å². The van der Waals surface area contributed by atoms with Crippen molar-refractivity contribution >= 4 is 28.1 Å². The molecule has 0 aliphatic rings. The Hall–Kier alpha value is -0.680. The van der Waals surface area contributed by atoms with Crippen LogP contribution in [0.25, 0.3) is 0 Å². The van der Waals surface area contributed by atoms with Gasteiger partial charge >= 0.3 is 5.13 Å². The van der Waals surface area contributed by atoms with Gasteiger partial charge in [0.1, 0.15) is 0 Å². The first-order valence-electron chi connectivity index (χ1n) is 2.39. The van der Waals surface area contributed by atoms with Crippen LogP contribution in [0.1, 0.15) is 5.69 Å². The second-order valence-corrected chi connectivity index (χ2v) is 2.62. The van der Waals surface area contributed by atoms with Crippen LogP contribution >= 0.6 is 22.9 Å². The van der Waals surface area contributed by atoms with E-state index >= 15 is 0 Å². The second kappa shape index (κ2) is 2.94. The van der Waals surface area contributed by atoms with Crippen molar-refractivity contribution in [2.75, 3.05) is 0 Å². The number of thiazole rings is 1. The molecule has 0 aromatic carbocycles. The van der Waals surface area contributed by atoms with E-state index in [9.17, 15) is 10.1 Å². The summed E-state index contributed by atoms with van der Waals surface area (Å²) in [5.74, 6) is 0.227. The van der Waals surface area contributed by atoms with Gasteiger partial charge < -0.3 is 10.1 Å². The van der Waals surface area contributed by atoms with Gasteiger partial charge in [-0.05, 0) is 21.2 Å². The fraction of sp³-hybridized carbons (Fsp3) is 0.250. The lowest BCUT2D eigenvalue weighted by Gasteiger charge is -1.81. The van der Waals surface area contributed by atoms with Gasteiger partial charge in [-0.2, -0.15) is 0 Å². The quantitative estimate of drug-likeness (QED) is 0.394. The van der Waals surface area contributed by atoms with Gasteiger partial charge in [-0.25, -0.2) is 0 Å². The van der Waals surface area contributed by atoms with E-state index in [-0.39, 0.29) is 11.0 Å². The van der Waals surface area contributed by atoms with Crippen LogP contribution in [0, 0.1) is 10.1 Å². The van der Waals surface area contributed by atoms with Crippen LogP contribution in [0.3, 0.4) is 0 Å². The number of hydrogen-bond donors (Lipinski definition) is 0. The smallest absolute Gasteiger partial charge is 0.357 e. The van der Waals surface area contributed by atoms with Crippen molar-refractivity contribution < 1.29 is 4.92 Å². The molecule has 0 saturated heterocycles. The van der Waals surface area contributed by atoms with Crippen molar-refractivity contribution in [3.63, 3.8) is 0 Å². The van der Waals surface area contributed by atoms with Crippen molar-refractivity contribution in [1.82, 2.24) is 4.98 Å². The van der Waals surface area contributed by atoms with Gasteiger partial charge in [0.15, 0.2) is 5.69 Å². The number of nitro groups is 1. The number of halogens is 1. The van der Waals surface area contributed by atoms with Crippen LogP contribution in [-0.2, 0) is 5.88 Å². The average Bonchev–Trinajstić information content (AvgIpc) is 2.34. The molecular weight excluding hydrogens is 176 g/mol. The van der Waals surface area contributed by atoms with E-state index in [0.29, 0.717) is 5.69 Å². The van der Waals surface area contributed by atoms with Gasteiger partial charge in [0.25, 0.3) is 0 Å².